The van der Waals surface area contributed by atoms with Crippen LogP contribution >= 0.6 is 0 Å². The first-order valence-electron chi connectivity index (χ1n) is 5.82. The highest BCUT2D eigenvalue weighted by atomic mass is 32.2. The van der Waals surface area contributed by atoms with E-state index < -0.39 is 21.2 Å². The average Bonchev–Trinajstić information content (AvgIpc) is 2.38. The molecule has 20 heavy (non-hydrogen) atoms. The minimum Gasteiger partial charge on any atom is -0.463 e. The van der Waals surface area contributed by atoms with Crippen LogP contribution in [0.15, 0.2) is 38.6 Å². The van der Waals surface area contributed by atoms with Crippen LogP contribution in [0.25, 0.3) is 11.0 Å². The third-order valence-electron chi connectivity index (χ3n) is 2.68. The summed E-state index contributed by atoms with van der Waals surface area (Å²) in [4.78, 5) is 22.6. The van der Waals surface area contributed by atoms with Crippen molar-refractivity contribution in [1.29, 1.82) is 0 Å². The minimum absolute atomic E-state index is 0.00414. The summed E-state index contributed by atoms with van der Waals surface area (Å²) < 4.78 is 34.1. The predicted octanol–water partition coefficient (Wildman–Crippen LogP) is 1.51. The van der Waals surface area contributed by atoms with Gasteiger partial charge in [-0.1, -0.05) is 6.92 Å². The molecular weight excluding hydrogens is 284 g/mol. The second kappa shape index (κ2) is 5.09. The lowest BCUT2D eigenvalue weighted by Crippen LogP contribution is -2.09. The van der Waals surface area contributed by atoms with Gasteiger partial charge in [-0.3, -0.25) is 9.59 Å². The monoisotopic (exact) mass is 296 g/mol. The van der Waals surface area contributed by atoms with Crippen LogP contribution in [0.3, 0.4) is 0 Å². The van der Waals surface area contributed by atoms with Crippen molar-refractivity contribution in [3.8, 4) is 5.75 Å². The van der Waals surface area contributed by atoms with E-state index in [0.717, 1.165) is 6.26 Å². The summed E-state index contributed by atoms with van der Waals surface area (Å²) in [5.41, 5.74) is -0.442. The highest BCUT2D eigenvalue weighted by Crippen LogP contribution is 2.28. The molecule has 0 bridgehead atoms. The zero-order valence-corrected chi connectivity index (χ0v) is 11.7. The maximum atomic E-state index is 12.1. The average molecular weight is 296 g/mol. The van der Waals surface area contributed by atoms with Crippen LogP contribution in [-0.4, -0.2) is 20.1 Å². The Kier molecular flexibility index (Phi) is 3.63. The molecule has 0 unspecified atom stereocenters. The summed E-state index contributed by atoms with van der Waals surface area (Å²) in [6, 6.07) is 3.64. The summed E-state index contributed by atoms with van der Waals surface area (Å²) in [5.74, 6) is -0.774. The third kappa shape index (κ3) is 2.57. The maximum Gasteiger partial charge on any atom is 0.308 e. The molecule has 0 aliphatic heterocycles. The van der Waals surface area contributed by atoms with E-state index in [4.69, 9.17) is 9.15 Å². The van der Waals surface area contributed by atoms with Crippen molar-refractivity contribution in [2.24, 2.45) is 0 Å². The van der Waals surface area contributed by atoms with Gasteiger partial charge in [-0.05, 0) is 6.07 Å². The molecule has 7 heteroatoms. The molecule has 6 nitrogen and oxygen atoms in total. The van der Waals surface area contributed by atoms with Crippen LogP contribution in [0.5, 0.6) is 5.75 Å². The predicted molar refractivity (Wildman–Crippen MR) is 71.5 cm³/mol. The molecule has 1 aromatic carbocycles. The fourth-order valence-electron chi connectivity index (χ4n) is 1.75. The van der Waals surface area contributed by atoms with Gasteiger partial charge in [0.2, 0.25) is 0 Å². The van der Waals surface area contributed by atoms with Crippen LogP contribution < -0.4 is 10.2 Å². The summed E-state index contributed by atoms with van der Waals surface area (Å²) >= 11 is 0. The molecule has 0 saturated heterocycles. The van der Waals surface area contributed by atoms with Crippen molar-refractivity contribution < 1.29 is 22.4 Å². The number of carbonyl (C=O) groups is 1. The van der Waals surface area contributed by atoms with Crippen LogP contribution in [0.1, 0.15) is 13.8 Å². The third-order valence-corrected chi connectivity index (χ3v) is 4.41. The number of rotatable bonds is 3. The van der Waals surface area contributed by atoms with Gasteiger partial charge in [-0.25, -0.2) is 8.42 Å². The Hall–Kier alpha value is -2.15. The number of hydrogen-bond donors (Lipinski definition) is 0. The van der Waals surface area contributed by atoms with Gasteiger partial charge >= 0.3 is 5.97 Å². The Morgan fingerprint density at radius 3 is 2.65 bits per heavy atom. The molecule has 0 amide bonds. The van der Waals surface area contributed by atoms with E-state index in [-0.39, 0.29) is 27.4 Å². The number of carbonyl (C=O) groups excluding carboxylic acids is 1. The number of fused-ring (bicyclic) bond motifs is 1. The molecule has 0 radical (unpaired) electrons. The van der Waals surface area contributed by atoms with Crippen LogP contribution in [0, 0.1) is 0 Å². The van der Waals surface area contributed by atoms with Crippen molar-refractivity contribution in [2.45, 2.75) is 18.7 Å². The van der Waals surface area contributed by atoms with Gasteiger partial charge in [0, 0.05) is 19.1 Å². The quantitative estimate of drug-likeness (QED) is 0.630. The molecule has 106 valence electrons. The van der Waals surface area contributed by atoms with Crippen LogP contribution in [0.4, 0.5) is 0 Å². The van der Waals surface area contributed by atoms with E-state index in [2.05, 4.69) is 0 Å². The normalized spacial score (nSPS) is 11.5. The number of sulfone groups is 1. The van der Waals surface area contributed by atoms with Gasteiger partial charge < -0.3 is 9.15 Å². The first-order chi connectivity index (χ1) is 9.35. The first-order valence-corrected chi connectivity index (χ1v) is 7.47. The molecule has 0 aliphatic rings. The Morgan fingerprint density at radius 1 is 1.35 bits per heavy atom. The van der Waals surface area contributed by atoms with Crippen molar-refractivity contribution >= 4 is 26.8 Å². The second-order valence-electron chi connectivity index (χ2n) is 4.08. The Morgan fingerprint density at radius 2 is 2.05 bits per heavy atom. The van der Waals surface area contributed by atoms with Crippen molar-refractivity contribution in [3.05, 3.63) is 34.7 Å². The molecule has 1 heterocycles. The minimum atomic E-state index is -3.62. The molecule has 0 saturated carbocycles. The van der Waals surface area contributed by atoms with Crippen molar-refractivity contribution in [1.82, 2.24) is 0 Å². The summed E-state index contributed by atoms with van der Waals surface area (Å²) in [5, 5.41) is 0.0540. The smallest absolute Gasteiger partial charge is 0.308 e. The second-order valence-corrected chi connectivity index (χ2v) is 6.33. The molecule has 0 fully saturated rings. The van der Waals surface area contributed by atoms with Crippen LogP contribution in [0.2, 0.25) is 0 Å². The SMILES string of the molecule is CCS(=O)(=O)c1cc(OC(C)=O)cc2c(=O)ccoc12. The van der Waals surface area contributed by atoms with Gasteiger partial charge in [-0.2, -0.15) is 0 Å². The molecule has 2 rings (SSSR count). The summed E-state index contributed by atoms with van der Waals surface area (Å²) in [6.07, 6.45) is 1.13. The number of benzene rings is 1. The van der Waals surface area contributed by atoms with E-state index in [1.807, 2.05) is 0 Å². The maximum absolute atomic E-state index is 12.1. The van der Waals surface area contributed by atoms with E-state index in [9.17, 15) is 18.0 Å². The van der Waals surface area contributed by atoms with Gasteiger partial charge in [0.05, 0.1) is 17.4 Å². The molecule has 0 atom stereocenters. The Balaban J connectivity index is 2.87. The highest BCUT2D eigenvalue weighted by molar-refractivity contribution is 7.91. The van der Waals surface area contributed by atoms with E-state index in [1.54, 1.807) is 0 Å². The molecule has 0 spiro atoms. The van der Waals surface area contributed by atoms with Gasteiger partial charge in [0.25, 0.3) is 0 Å². The molecule has 0 aliphatic carbocycles. The molecular formula is C13H12O6S. The number of hydrogen-bond acceptors (Lipinski definition) is 6. The lowest BCUT2D eigenvalue weighted by molar-refractivity contribution is -0.131. The van der Waals surface area contributed by atoms with E-state index in [0.29, 0.717) is 0 Å². The largest absolute Gasteiger partial charge is 0.463 e. The zero-order valence-electron chi connectivity index (χ0n) is 10.9. The Bertz CT molecular complexity index is 832. The van der Waals surface area contributed by atoms with Crippen molar-refractivity contribution in [3.63, 3.8) is 0 Å². The topological polar surface area (TPSA) is 90.7 Å². The summed E-state index contributed by atoms with van der Waals surface area (Å²) in [6.45, 7) is 2.66. The first kappa shape index (κ1) is 14.3. The zero-order chi connectivity index (χ0) is 14.9. The molecule has 0 N–H and O–H groups in total. The fourth-order valence-corrected chi connectivity index (χ4v) is 2.79. The summed E-state index contributed by atoms with van der Waals surface area (Å²) in [7, 11) is -3.62. The molecule has 1 aromatic heterocycles. The standard InChI is InChI=1S/C13H12O6S/c1-3-20(16,17)12-7-9(19-8(2)14)6-10-11(15)4-5-18-13(10)12/h4-7H,3H2,1-2H3. The van der Waals surface area contributed by atoms with Crippen molar-refractivity contribution in [2.75, 3.05) is 5.75 Å². The number of ether oxygens (including phenoxy) is 1. The van der Waals surface area contributed by atoms with Gasteiger partial charge in [-0.15, -0.1) is 0 Å². The van der Waals surface area contributed by atoms with Gasteiger partial charge in [0.15, 0.2) is 20.8 Å². The lowest BCUT2D eigenvalue weighted by Gasteiger charge is -2.08. The Labute approximate surface area is 114 Å². The van der Waals surface area contributed by atoms with E-state index >= 15 is 0 Å². The number of esters is 1. The lowest BCUT2D eigenvalue weighted by atomic mass is 10.2. The fraction of sp³-hybridized carbons (Fsp3) is 0.231. The van der Waals surface area contributed by atoms with Crippen LogP contribution in [-0.2, 0) is 14.6 Å². The van der Waals surface area contributed by atoms with Gasteiger partial charge in [0.1, 0.15) is 10.6 Å². The highest BCUT2D eigenvalue weighted by Gasteiger charge is 2.20. The van der Waals surface area contributed by atoms with E-state index in [1.165, 1.54) is 32.0 Å². The molecule has 2 aromatic rings.